The zero-order chi connectivity index (χ0) is 13.9. The molecule has 1 heterocycles. The Labute approximate surface area is 125 Å². The second-order valence-corrected chi connectivity index (χ2v) is 6.58. The Hall–Kier alpha value is -0.380. The highest BCUT2D eigenvalue weighted by Crippen LogP contribution is 2.34. The van der Waals surface area contributed by atoms with Crippen molar-refractivity contribution < 1.29 is 4.74 Å². The summed E-state index contributed by atoms with van der Waals surface area (Å²) in [5, 5.41) is 3.66. The fourth-order valence-electron chi connectivity index (χ4n) is 2.72. The van der Waals surface area contributed by atoms with Crippen LogP contribution in [-0.4, -0.2) is 19.2 Å². The second-order valence-electron chi connectivity index (χ2n) is 5.66. The molecule has 19 heavy (non-hydrogen) atoms. The number of hydrogen-bond donors (Lipinski definition) is 1. The zero-order valence-corrected chi connectivity index (χ0v) is 13.7. The molecule has 0 aliphatic carbocycles. The first-order valence-corrected chi connectivity index (χ1v) is 8.00. The second kappa shape index (κ2) is 6.38. The molecule has 1 aliphatic heterocycles. The maximum absolute atomic E-state index is 6.27. The summed E-state index contributed by atoms with van der Waals surface area (Å²) in [7, 11) is 0. The first-order chi connectivity index (χ1) is 9.10. The van der Waals surface area contributed by atoms with Gasteiger partial charge in [0, 0.05) is 22.5 Å². The van der Waals surface area contributed by atoms with Crippen LogP contribution in [0.3, 0.4) is 0 Å². The molecule has 2 rings (SSSR count). The summed E-state index contributed by atoms with van der Waals surface area (Å²) in [5.74, 6) is 0. The molecule has 2 nitrogen and oxygen atoms in total. The monoisotopic (exact) mass is 325 g/mol. The van der Waals surface area contributed by atoms with Gasteiger partial charge < -0.3 is 10.1 Å². The van der Waals surface area contributed by atoms with Gasteiger partial charge in [0.2, 0.25) is 0 Å². The van der Waals surface area contributed by atoms with E-state index < -0.39 is 0 Å². The van der Waals surface area contributed by atoms with Crippen molar-refractivity contribution in [3.8, 4) is 0 Å². The number of nitrogens with one attached hydrogen (secondary N) is 1. The summed E-state index contributed by atoms with van der Waals surface area (Å²) in [6.07, 6.45) is 2.46. The zero-order valence-electron chi connectivity index (χ0n) is 12.1. The summed E-state index contributed by atoms with van der Waals surface area (Å²) in [4.78, 5) is 0. The van der Waals surface area contributed by atoms with Gasteiger partial charge in [-0.2, -0.15) is 0 Å². The van der Waals surface area contributed by atoms with Crippen molar-refractivity contribution in [2.45, 2.75) is 45.8 Å². The highest BCUT2D eigenvalue weighted by atomic mass is 79.9. The fourth-order valence-corrected chi connectivity index (χ4v) is 3.14. The number of halogens is 1. The highest BCUT2D eigenvalue weighted by Gasteiger charge is 2.34. The molecule has 0 amide bonds. The molecule has 0 aromatic heterocycles. The Balaban J connectivity index is 2.19. The minimum Gasteiger partial charge on any atom is -0.371 e. The van der Waals surface area contributed by atoms with Crippen LogP contribution in [-0.2, 0) is 4.74 Å². The summed E-state index contributed by atoms with van der Waals surface area (Å²) >= 11 is 3.54. The van der Waals surface area contributed by atoms with Gasteiger partial charge in [-0.05, 0) is 37.5 Å². The van der Waals surface area contributed by atoms with Gasteiger partial charge in [-0.25, -0.2) is 0 Å². The molecule has 1 aromatic rings. The van der Waals surface area contributed by atoms with Crippen molar-refractivity contribution in [3.05, 3.63) is 34.3 Å². The van der Waals surface area contributed by atoms with Gasteiger partial charge in [0.05, 0.1) is 12.7 Å². The van der Waals surface area contributed by atoms with Gasteiger partial charge in [0.25, 0.3) is 0 Å². The molecule has 2 unspecified atom stereocenters. The molecule has 1 N–H and O–H groups in total. The van der Waals surface area contributed by atoms with Gasteiger partial charge in [-0.1, -0.05) is 41.9 Å². The lowest BCUT2D eigenvalue weighted by Gasteiger charge is -2.29. The molecular formula is C16H24BrNO. The van der Waals surface area contributed by atoms with Crippen LogP contribution < -0.4 is 5.32 Å². The Morgan fingerprint density at radius 1 is 1.37 bits per heavy atom. The third kappa shape index (κ3) is 3.39. The van der Waals surface area contributed by atoms with E-state index in [1.165, 1.54) is 5.56 Å². The average molecular weight is 326 g/mol. The van der Waals surface area contributed by atoms with Crippen LogP contribution in [0.1, 0.15) is 45.3 Å². The molecule has 1 aromatic carbocycles. The Kier molecular flexibility index (Phi) is 5.04. The Morgan fingerprint density at radius 2 is 2.11 bits per heavy atom. The minimum atomic E-state index is 0.137. The maximum atomic E-state index is 6.27. The predicted octanol–water partition coefficient (Wildman–Crippen LogP) is 4.30. The van der Waals surface area contributed by atoms with E-state index in [-0.39, 0.29) is 11.5 Å². The summed E-state index contributed by atoms with van der Waals surface area (Å²) in [5.41, 5.74) is 1.53. The molecular weight excluding hydrogens is 302 g/mol. The van der Waals surface area contributed by atoms with Crippen molar-refractivity contribution in [1.82, 2.24) is 5.32 Å². The van der Waals surface area contributed by atoms with Crippen molar-refractivity contribution in [3.63, 3.8) is 0 Å². The van der Waals surface area contributed by atoms with E-state index in [0.717, 1.165) is 30.5 Å². The average Bonchev–Trinajstić information content (AvgIpc) is 2.59. The quantitative estimate of drug-likeness (QED) is 0.894. The van der Waals surface area contributed by atoms with Gasteiger partial charge in [-0.3, -0.25) is 0 Å². The number of ether oxygens (including phenoxy) is 1. The maximum Gasteiger partial charge on any atom is 0.0975 e. The van der Waals surface area contributed by atoms with Gasteiger partial charge in [0.1, 0.15) is 0 Å². The molecule has 106 valence electrons. The first kappa shape index (κ1) is 15.0. The third-order valence-electron chi connectivity index (χ3n) is 4.50. The summed E-state index contributed by atoms with van der Waals surface area (Å²) in [6.45, 7) is 8.63. The van der Waals surface area contributed by atoms with Crippen LogP contribution in [0.4, 0.5) is 0 Å². The number of hydrogen-bond acceptors (Lipinski definition) is 2. The SMILES string of the molecule is CCC1(CC)CNC(C)C(c2cccc(Br)c2)OC1. The standard InChI is InChI=1S/C16H24BrNO/c1-4-16(5-2)10-18-12(3)15(19-11-16)13-7-6-8-14(17)9-13/h6-9,12,15,18H,4-5,10-11H2,1-3H3. The van der Waals surface area contributed by atoms with Gasteiger partial charge in [0.15, 0.2) is 0 Å². The molecule has 3 heteroatoms. The van der Waals surface area contributed by atoms with E-state index in [2.05, 4.69) is 66.3 Å². The molecule has 2 atom stereocenters. The smallest absolute Gasteiger partial charge is 0.0975 e. The van der Waals surface area contributed by atoms with Crippen molar-refractivity contribution in [1.29, 1.82) is 0 Å². The topological polar surface area (TPSA) is 21.3 Å². The fraction of sp³-hybridized carbons (Fsp3) is 0.625. The molecule has 1 fully saturated rings. The van der Waals surface area contributed by atoms with E-state index in [1.807, 2.05) is 0 Å². The van der Waals surface area contributed by atoms with Crippen molar-refractivity contribution in [2.24, 2.45) is 5.41 Å². The largest absolute Gasteiger partial charge is 0.371 e. The van der Waals surface area contributed by atoms with Crippen LogP contribution in [0.25, 0.3) is 0 Å². The van der Waals surface area contributed by atoms with Crippen LogP contribution in [0.2, 0.25) is 0 Å². The van der Waals surface area contributed by atoms with Crippen molar-refractivity contribution in [2.75, 3.05) is 13.2 Å². The van der Waals surface area contributed by atoms with E-state index in [9.17, 15) is 0 Å². The highest BCUT2D eigenvalue weighted by molar-refractivity contribution is 9.10. The van der Waals surface area contributed by atoms with Gasteiger partial charge in [-0.15, -0.1) is 0 Å². The summed E-state index contributed by atoms with van der Waals surface area (Å²) in [6, 6.07) is 8.79. The molecule has 0 bridgehead atoms. The molecule has 0 saturated carbocycles. The molecule has 1 saturated heterocycles. The van der Waals surface area contributed by atoms with Crippen LogP contribution in [0, 0.1) is 5.41 Å². The Morgan fingerprint density at radius 3 is 2.74 bits per heavy atom. The van der Waals surface area contributed by atoms with Gasteiger partial charge >= 0.3 is 0 Å². The lowest BCUT2D eigenvalue weighted by molar-refractivity contribution is -0.000566. The lowest BCUT2D eigenvalue weighted by atomic mass is 9.83. The molecule has 1 aliphatic rings. The van der Waals surface area contributed by atoms with Crippen molar-refractivity contribution >= 4 is 15.9 Å². The van der Waals surface area contributed by atoms with Crippen LogP contribution in [0.15, 0.2) is 28.7 Å². The van der Waals surface area contributed by atoms with Crippen LogP contribution >= 0.6 is 15.9 Å². The number of benzene rings is 1. The minimum absolute atomic E-state index is 0.137. The normalized spacial score (nSPS) is 26.9. The molecule has 0 radical (unpaired) electrons. The first-order valence-electron chi connectivity index (χ1n) is 7.20. The van der Waals surface area contributed by atoms with E-state index >= 15 is 0 Å². The van der Waals surface area contributed by atoms with E-state index in [0.29, 0.717) is 6.04 Å². The van der Waals surface area contributed by atoms with E-state index in [4.69, 9.17) is 4.74 Å². The predicted molar refractivity (Wildman–Crippen MR) is 83.3 cm³/mol. The lowest BCUT2D eigenvalue weighted by Crippen LogP contribution is -2.37. The van der Waals surface area contributed by atoms with Crippen LogP contribution in [0.5, 0.6) is 0 Å². The molecule has 0 spiro atoms. The summed E-state index contributed by atoms with van der Waals surface area (Å²) < 4.78 is 7.38. The number of rotatable bonds is 3. The van der Waals surface area contributed by atoms with E-state index in [1.54, 1.807) is 0 Å². The third-order valence-corrected chi connectivity index (χ3v) is 4.99. The Bertz CT molecular complexity index is 417.